The Balaban J connectivity index is 2.99. The van der Waals surface area contributed by atoms with E-state index in [1.54, 1.807) is 0 Å². The van der Waals surface area contributed by atoms with Crippen LogP contribution in [0.2, 0.25) is 0 Å². The number of amides is 1. The number of thiocarbonyl (C=S) groups is 1. The molecule has 1 aromatic rings. The quantitative estimate of drug-likeness (QED) is 0.788. The highest BCUT2D eigenvalue weighted by molar-refractivity contribution is 7.80. The van der Waals surface area contributed by atoms with E-state index in [1.807, 2.05) is 0 Å². The zero-order chi connectivity index (χ0) is 12.3. The molecule has 0 aromatic heterocycles. The summed E-state index contributed by atoms with van der Waals surface area (Å²) in [5.41, 5.74) is 4.74. The topological polar surface area (TPSA) is 55.1 Å². The summed E-state index contributed by atoms with van der Waals surface area (Å²) in [6.07, 6.45) is 0. The van der Waals surface area contributed by atoms with Crippen molar-refractivity contribution in [1.29, 1.82) is 0 Å². The minimum atomic E-state index is -0.913. The Bertz CT molecular complexity index is 449. The monoisotopic (exact) mass is 244 g/mol. The second-order valence-corrected chi connectivity index (χ2v) is 3.73. The highest BCUT2D eigenvalue weighted by Gasteiger charge is 2.18. The maximum absolute atomic E-state index is 13.5. The molecular formula is C10H10F2N2OS. The maximum atomic E-state index is 13.5. The summed E-state index contributed by atoms with van der Waals surface area (Å²) >= 11 is 4.53. The number of aryl methyl sites for hydroxylation is 1. The first-order chi connectivity index (χ1) is 7.43. The van der Waals surface area contributed by atoms with Crippen LogP contribution >= 0.6 is 12.2 Å². The summed E-state index contributed by atoms with van der Waals surface area (Å²) in [5, 5.41) is 2.22. The van der Waals surface area contributed by atoms with Crippen molar-refractivity contribution in [2.45, 2.75) is 6.92 Å². The van der Waals surface area contributed by atoms with E-state index in [9.17, 15) is 13.6 Å². The molecule has 0 fully saturated rings. The molecule has 1 rings (SSSR count). The van der Waals surface area contributed by atoms with Crippen molar-refractivity contribution in [3.05, 3.63) is 34.9 Å². The Labute approximate surface area is 96.6 Å². The molecule has 16 heavy (non-hydrogen) atoms. The van der Waals surface area contributed by atoms with Gasteiger partial charge in [0.15, 0.2) is 0 Å². The number of nitrogens with one attached hydrogen (secondary N) is 1. The number of halogens is 2. The molecule has 0 aliphatic heterocycles. The molecule has 3 N–H and O–H groups in total. The lowest BCUT2D eigenvalue weighted by Gasteiger charge is -2.07. The van der Waals surface area contributed by atoms with E-state index >= 15 is 0 Å². The van der Waals surface area contributed by atoms with Crippen LogP contribution in [-0.4, -0.2) is 17.4 Å². The zero-order valence-electron chi connectivity index (χ0n) is 8.51. The lowest BCUT2D eigenvalue weighted by atomic mass is 10.1. The summed E-state index contributed by atoms with van der Waals surface area (Å²) < 4.78 is 26.7. The standard InChI is InChI=1S/C10H10F2N2OS/c1-5-2-3-6(11)8(9(5)12)10(15)14-4-7(13)16/h2-3H,4H2,1H3,(H2,13,16)(H,14,15). The molecule has 0 atom stereocenters. The van der Waals surface area contributed by atoms with Crippen LogP contribution in [0.1, 0.15) is 15.9 Å². The van der Waals surface area contributed by atoms with E-state index in [4.69, 9.17) is 5.73 Å². The highest BCUT2D eigenvalue weighted by Crippen LogP contribution is 2.15. The minimum absolute atomic E-state index is 0.0434. The van der Waals surface area contributed by atoms with Crippen molar-refractivity contribution >= 4 is 23.1 Å². The first-order valence-corrected chi connectivity index (χ1v) is 4.85. The normalized spacial score (nSPS) is 9.94. The minimum Gasteiger partial charge on any atom is -0.392 e. The van der Waals surface area contributed by atoms with Gasteiger partial charge in [0.25, 0.3) is 5.91 Å². The molecule has 0 radical (unpaired) electrons. The largest absolute Gasteiger partial charge is 0.392 e. The number of hydrogen-bond donors (Lipinski definition) is 2. The van der Waals surface area contributed by atoms with E-state index < -0.39 is 23.1 Å². The number of carbonyl (C=O) groups is 1. The van der Waals surface area contributed by atoms with Crippen molar-refractivity contribution in [2.24, 2.45) is 5.73 Å². The van der Waals surface area contributed by atoms with Gasteiger partial charge in [-0.2, -0.15) is 0 Å². The van der Waals surface area contributed by atoms with Gasteiger partial charge in [-0.1, -0.05) is 18.3 Å². The first kappa shape index (κ1) is 12.5. The van der Waals surface area contributed by atoms with Gasteiger partial charge in [0, 0.05) is 0 Å². The molecule has 6 heteroatoms. The van der Waals surface area contributed by atoms with E-state index in [2.05, 4.69) is 17.5 Å². The van der Waals surface area contributed by atoms with E-state index in [0.717, 1.165) is 6.07 Å². The fourth-order valence-corrected chi connectivity index (χ4v) is 1.19. The molecule has 0 aliphatic carbocycles. The van der Waals surface area contributed by atoms with Gasteiger partial charge in [0.1, 0.15) is 17.2 Å². The maximum Gasteiger partial charge on any atom is 0.257 e. The third kappa shape index (κ3) is 2.73. The van der Waals surface area contributed by atoms with Crippen molar-refractivity contribution in [2.75, 3.05) is 6.54 Å². The summed E-state index contributed by atoms with van der Waals surface area (Å²) in [4.78, 5) is 11.5. The van der Waals surface area contributed by atoms with Crippen molar-refractivity contribution < 1.29 is 13.6 Å². The highest BCUT2D eigenvalue weighted by atomic mass is 32.1. The van der Waals surface area contributed by atoms with Gasteiger partial charge >= 0.3 is 0 Å². The second-order valence-electron chi connectivity index (χ2n) is 3.20. The number of carbonyl (C=O) groups excluding carboxylic acids is 1. The van der Waals surface area contributed by atoms with Crippen LogP contribution in [0.25, 0.3) is 0 Å². The van der Waals surface area contributed by atoms with Crippen molar-refractivity contribution in [1.82, 2.24) is 5.32 Å². The van der Waals surface area contributed by atoms with Gasteiger partial charge in [0.2, 0.25) is 0 Å². The molecule has 0 heterocycles. The number of benzene rings is 1. The molecule has 0 saturated carbocycles. The molecule has 1 amide bonds. The fourth-order valence-electron chi connectivity index (χ4n) is 1.12. The lowest BCUT2D eigenvalue weighted by molar-refractivity contribution is 0.0951. The van der Waals surface area contributed by atoms with Crippen LogP contribution in [0.4, 0.5) is 8.78 Å². The molecule has 86 valence electrons. The van der Waals surface area contributed by atoms with Gasteiger partial charge in [-0.15, -0.1) is 0 Å². The molecule has 0 bridgehead atoms. The average molecular weight is 244 g/mol. The van der Waals surface area contributed by atoms with Crippen LogP contribution in [0.3, 0.4) is 0 Å². The molecule has 0 spiro atoms. The van der Waals surface area contributed by atoms with Gasteiger partial charge in [-0.25, -0.2) is 8.78 Å². The zero-order valence-corrected chi connectivity index (χ0v) is 9.33. The van der Waals surface area contributed by atoms with E-state index in [1.165, 1.54) is 13.0 Å². The van der Waals surface area contributed by atoms with Gasteiger partial charge in [0.05, 0.1) is 11.5 Å². The Kier molecular flexibility index (Phi) is 3.89. The molecule has 1 aromatic carbocycles. The van der Waals surface area contributed by atoms with Crippen LogP contribution in [-0.2, 0) is 0 Å². The average Bonchev–Trinajstić information content (AvgIpc) is 2.21. The summed E-state index contributed by atoms with van der Waals surface area (Å²) in [5.74, 6) is -2.66. The lowest BCUT2D eigenvalue weighted by Crippen LogP contribution is -2.33. The molecule has 0 saturated heterocycles. The van der Waals surface area contributed by atoms with Crippen molar-refractivity contribution in [3.8, 4) is 0 Å². The van der Waals surface area contributed by atoms with Gasteiger partial charge in [-0.3, -0.25) is 4.79 Å². The van der Waals surface area contributed by atoms with E-state index in [0.29, 0.717) is 0 Å². The molecule has 0 unspecified atom stereocenters. The third-order valence-corrected chi connectivity index (χ3v) is 2.08. The fraction of sp³-hybridized carbons (Fsp3) is 0.200. The SMILES string of the molecule is Cc1ccc(F)c(C(=O)NCC(N)=S)c1F. The predicted octanol–water partition coefficient (Wildman–Crippen LogP) is 1.29. The van der Waals surface area contributed by atoms with Gasteiger partial charge < -0.3 is 11.1 Å². The Morgan fingerprint density at radius 1 is 1.50 bits per heavy atom. The summed E-state index contributed by atoms with van der Waals surface area (Å²) in [6, 6.07) is 2.29. The molecule has 0 aliphatic rings. The Morgan fingerprint density at radius 2 is 2.12 bits per heavy atom. The first-order valence-electron chi connectivity index (χ1n) is 4.44. The number of rotatable bonds is 3. The van der Waals surface area contributed by atoms with Crippen LogP contribution in [0, 0.1) is 18.6 Å². The number of hydrogen-bond acceptors (Lipinski definition) is 2. The smallest absolute Gasteiger partial charge is 0.257 e. The van der Waals surface area contributed by atoms with Crippen molar-refractivity contribution in [3.63, 3.8) is 0 Å². The summed E-state index contributed by atoms with van der Waals surface area (Å²) in [6.45, 7) is 1.35. The van der Waals surface area contributed by atoms with Crippen LogP contribution in [0.15, 0.2) is 12.1 Å². The Hall–Kier alpha value is -1.56. The predicted molar refractivity (Wildman–Crippen MR) is 60.2 cm³/mol. The molecular weight excluding hydrogens is 234 g/mol. The van der Waals surface area contributed by atoms with E-state index in [-0.39, 0.29) is 17.1 Å². The van der Waals surface area contributed by atoms with Crippen LogP contribution < -0.4 is 11.1 Å². The number of nitrogens with two attached hydrogens (primary N) is 1. The van der Waals surface area contributed by atoms with Crippen LogP contribution in [0.5, 0.6) is 0 Å². The summed E-state index contributed by atoms with van der Waals surface area (Å²) in [7, 11) is 0. The second kappa shape index (κ2) is 4.98. The Morgan fingerprint density at radius 3 is 2.69 bits per heavy atom. The van der Waals surface area contributed by atoms with Gasteiger partial charge in [-0.05, 0) is 18.6 Å². The third-order valence-electron chi connectivity index (χ3n) is 1.93. The molecule has 3 nitrogen and oxygen atoms in total.